The molecule has 0 saturated heterocycles. The molecule has 0 aliphatic heterocycles. The van der Waals surface area contributed by atoms with E-state index < -0.39 is 5.60 Å². The average Bonchev–Trinajstić information content (AvgIpc) is 3.21. The van der Waals surface area contributed by atoms with Crippen molar-refractivity contribution in [3.63, 3.8) is 0 Å². The summed E-state index contributed by atoms with van der Waals surface area (Å²) in [6.07, 6.45) is 1.90. The van der Waals surface area contributed by atoms with Crippen LogP contribution >= 0.6 is 22.6 Å². The summed E-state index contributed by atoms with van der Waals surface area (Å²) in [5, 5.41) is 0. The molecular weight excluding hydrogens is 393 g/mol. The number of hydrogen-bond acceptors (Lipinski definition) is 3. The number of hydrogen-bond donors (Lipinski definition) is 0. The van der Waals surface area contributed by atoms with Gasteiger partial charge in [-0.15, -0.1) is 0 Å². The van der Waals surface area contributed by atoms with E-state index in [4.69, 9.17) is 9.47 Å². The van der Waals surface area contributed by atoms with Crippen molar-refractivity contribution in [2.45, 2.75) is 58.7 Å². The molecule has 1 aliphatic carbocycles. The highest BCUT2D eigenvalue weighted by Crippen LogP contribution is 2.31. The summed E-state index contributed by atoms with van der Waals surface area (Å²) in [5.41, 5.74) is 0.642. The number of rotatable bonds is 5. The third kappa shape index (κ3) is 5.04. The molecule has 0 N–H and O–H groups in total. The number of amides is 1. The second-order valence-corrected chi connectivity index (χ2v) is 7.70. The number of carbonyl (C=O) groups excluding carboxylic acids is 1. The summed E-state index contributed by atoms with van der Waals surface area (Å²) < 4.78 is 12.1. The van der Waals surface area contributed by atoms with Crippen LogP contribution in [-0.2, 0) is 11.3 Å². The van der Waals surface area contributed by atoms with Gasteiger partial charge in [0.2, 0.25) is 0 Å². The Morgan fingerprint density at radius 2 is 2.05 bits per heavy atom. The minimum Gasteiger partial charge on any atom is -0.493 e. The number of benzene rings is 1. The first-order chi connectivity index (χ1) is 10.3. The van der Waals surface area contributed by atoms with Crippen molar-refractivity contribution in [2.75, 3.05) is 6.61 Å². The van der Waals surface area contributed by atoms with Crippen LogP contribution < -0.4 is 4.74 Å². The molecule has 0 heterocycles. The molecule has 2 rings (SSSR count). The summed E-state index contributed by atoms with van der Waals surface area (Å²) in [5.74, 6) is 0.891. The molecule has 1 fully saturated rings. The van der Waals surface area contributed by atoms with Crippen LogP contribution in [0.25, 0.3) is 0 Å². The van der Waals surface area contributed by atoms with Crippen molar-refractivity contribution in [1.82, 2.24) is 4.90 Å². The summed E-state index contributed by atoms with van der Waals surface area (Å²) in [6.45, 7) is 8.91. The molecule has 1 aromatic carbocycles. The van der Waals surface area contributed by atoms with Crippen molar-refractivity contribution in [1.29, 1.82) is 0 Å². The van der Waals surface area contributed by atoms with Gasteiger partial charge in [0.25, 0.3) is 0 Å². The molecular formula is C17H24INO3. The van der Waals surface area contributed by atoms with E-state index >= 15 is 0 Å². The van der Waals surface area contributed by atoms with E-state index in [9.17, 15) is 4.79 Å². The van der Waals surface area contributed by atoms with Crippen molar-refractivity contribution in [2.24, 2.45) is 0 Å². The van der Waals surface area contributed by atoms with E-state index in [0.29, 0.717) is 19.2 Å². The minimum absolute atomic E-state index is 0.223. The Morgan fingerprint density at radius 1 is 1.36 bits per heavy atom. The lowest BCUT2D eigenvalue weighted by Crippen LogP contribution is -2.37. The van der Waals surface area contributed by atoms with Crippen molar-refractivity contribution in [3.05, 3.63) is 27.3 Å². The van der Waals surface area contributed by atoms with Gasteiger partial charge < -0.3 is 14.4 Å². The topological polar surface area (TPSA) is 38.8 Å². The molecule has 0 radical (unpaired) electrons. The Bertz CT molecular complexity index is 535. The SMILES string of the molecule is CCOc1ccc(CN(C(=O)OC(C)(C)C)C2CC2)cc1I. The molecule has 0 atom stereocenters. The number of halogens is 1. The van der Waals surface area contributed by atoms with Gasteiger partial charge in [-0.3, -0.25) is 0 Å². The first kappa shape index (κ1) is 17.4. The largest absolute Gasteiger partial charge is 0.493 e. The molecule has 22 heavy (non-hydrogen) atoms. The van der Waals surface area contributed by atoms with Crippen molar-refractivity contribution in [3.8, 4) is 5.75 Å². The summed E-state index contributed by atoms with van der Waals surface area (Å²) >= 11 is 2.27. The van der Waals surface area contributed by atoms with E-state index in [1.54, 1.807) is 0 Å². The van der Waals surface area contributed by atoms with Crippen LogP contribution in [0.5, 0.6) is 5.75 Å². The third-order valence-corrected chi connectivity index (χ3v) is 4.11. The van der Waals surface area contributed by atoms with E-state index in [1.165, 1.54) is 0 Å². The van der Waals surface area contributed by atoms with Gasteiger partial charge >= 0.3 is 6.09 Å². The van der Waals surface area contributed by atoms with Crippen LogP contribution in [0.15, 0.2) is 18.2 Å². The van der Waals surface area contributed by atoms with E-state index in [0.717, 1.165) is 27.7 Å². The van der Waals surface area contributed by atoms with Crippen LogP contribution in [-0.4, -0.2) is 29.2 Å². The third-order valence-electron chi connectivity index (χ3n) is 3.26. The lowest BCUT2D eigenvalue weighted by atomic mass is 10.2. The number of nitrogens with zero attached hydrogens (tertiary/aromatic N) is 1. The molecule has 0 aromatic heterocycles. The van der Waals surface area contributed by atoms with Gasteiger partial charge in [0.05, 0.1) is 10.2 Å². The van der Waals surface area contributed by atoms with Crippen LogP contribution in [0.2, 0.25) is 0 Å². The smallest absolute Gasteiger partial charge is 0.410 e. The molecule has 4 nitrogen and oxygen atoms in total. The second kappa shape index (κ2) is 7.06. The van der Waals surface area contributed by atoms with Gasteiger partial charge in [0.1, 0.15) is 11.4 Å². The highest BCUT2D eigenvalue weighted by Gasteiger charge is 2.35. The lowest BCUT2D eigenvalue weighted by Gasteiger charge is -2.27. The maximum absolute atomic E-state index is 12.4. The average molecular weight is 417 g/mol. The highest BCUT2D eigenvalue weighted by atomic mass is 127. The fourth-order valence-electron chi connectivity index (χ4n) is 2.16. The minimum atomic E-state index is -0.461. The molecule has 0 unspecified atom stereocenters. The van der Waals surface area contributed by atoms with Gasteiger partial charge in [-0.2, -0.15) is 0 Å². The Labute approximate surface area is 146 Å². The Balaban J connectivity index is 2.08. The van der Waals surface area contributed by atoms with E-state index in [-0.39, 0.29) is 6.09 Å². The number of carbonyl (C=O) groups is 1. The molecule has 0 bridgehead atoms. The van der Waals surface area contributed by atoms with E-state index in [2.05, 4.69) is 28.7 Å². The first-order valence-corrected chi connectivity index (χ1v) is 8.79. The van der Waals surface area contributed by atoms with Gasteiger partial charge in [0, 0.05) is 12.6 Å². The summed E-state index contributed by atoms with van der Waals surface area (Å²) in [7, 11) is 0. The summed E-state index contributed by atoms with van der Waals surface area (Å²) in [6, 6.07) is 6.39. The first-order valence-electron chi connectivity index (χ1n) is 7.71. The van der Waals surface area contributed by atoms with Crippen LogP contribution in [0.3, 0.4) is 0 Å². The van der Waals surface area contributed by atoms with Crippen LogP contribution in [0, 0.1) is 3.57 Å². The molecule has 122 valence electrons. The monoisotopic (exact) mass is 417 g/mol. The normalized spacial score (nSPS) is 14.6. The fraction of sp³-hybridized carbons (Fsp3) is 0.588. The Morgan fingerprint density at radius 3 is 2.55 bits per heavy atom. The molecule has 1 aromatic rings. The van der Waals surface area contributed by atoms with Crippen LogP contribution in [0.1, 0.15) is 46.1 Å². The molecule has 1 amide bonds. The van der Waals surface area contributed by atoms with Gasteiger partial charge in [-0.1, -0.05) is 6.07 Å². The zero-order chi connectivity index (χ0) is 16.3. The lowest BCUT2D eigenvalue weighted by molar-refractivity contribution is 0.0216. The number of ether oxygens (including phenoxy) is 2. The predicted octanol–water partition coefficient (Wildman–Crippen LogP) is 4.59. The zero-order valence-corrected chi connectivity index (χ0v) is 15.8. The maximum atomic E-state index is 12.4. The van der Waals surface area contributed by atoms with E-state index in [1.807, 2.05) is 44.7 Å². The van der Waals surface area contributed by atoms with Gasteiger partial charge in [-0.25, -0.2) is 4.79 Å². The fourth-order valence-corrected chi connectivity index (χ4v) is 2.90. The Hall–Kier alpha value is -0.980. The molecule has 1 aliphatic rings. The summed E-state index contributed by atoms with van der Waals surface area (Å²) in [4.78, 5) is 14.2. The second-order valence-electron chi connectivity index (χ2n) is 6.54. The molecule has 1 saturated carbocycles. The van der Waals surface area contributed by atoms with Gasteiger partial charge in [-0.05, 0) is 80.8 Å². The highest BCUT2D eigenvalue weighted by molar-refractivity contribution is 14.1. The molecule has 5 heteroatoms. The zero-order valence-electron chi connectivity index (χ0n) is 13.7. The van der Waals surface area contributed by atoms with Crippen LogP contribution in [0.4, 0.5) is 4.79 Å². The molecule has 0 spiro atoms. The van der Waals surface area contributed by atoms with Crippen molar-refractivity contribution < 1.29 is 14.3 Å². The van der Waals surface area contributed by atoms with Gasteiger partial charge in [0.15, 0.2) is 0 Å². The standard InChI is InChI=1S/C17H24INO3/c1-5-21-15-9-6-12(10-14(15)18)11-19(13-7-8-13)16(20)22-17(2,3)4/h6,9-10,13H,5,7-8,11H2,1-4H3. The predicted molar refractivity (Wildman–Crippen MR) is 95.1 cm³/mol. The maximum Gasteiger partial charge on any atom is 0.410 e. The van der Waals surface area contributed by atoms with Crippen molar-refractivity contribution >= 4 is 28.7 Å². The Kier molecular flexibility index (Phi) is 5.58. The quantitative estimate of drug-likeness (QED) is 0.658.